The third kappa shape index (κ3) is 7.38. The van der Waals surface area contributed by atoms with Crippen molar-refractivity contribution in [1.82, 2.24) is 0 Å². The third-order valence-electron chi connectivity index (χ3n) is 13.0. The number of para-hydroxylation sites is 2. The van der Waals surface area contributed by atoms with Crippen LogP contribution in [-0.4, -0.2) is 6.71 Å². The molecule has 0 aromatic heterocycles. The Morgan fingerprint density at radius 1 is 0.373 bits per heavy atom. The maximum atomic E-state index is 6.97. The highest BCUT2D eigenvalue weighted by molar-refractivity contribution is 7.99. The summed E-state index contributed by atoms with van der Waals surface area (Å²) in [6, 6.07) is 85.7. The molecule has 0 unspecified atom stereocenters. The van der Waals surface area contributed by atoms with E-state index in [0.717, 1.165) is 67.1 Å². The molecule has 0 aliphatic carbocycles. The first-order valence-corrected chi connectivity index (χ1v) is 23.8. The molecule has 0 bridgehead atoms. The fourth-order valence-corrected chi connectivity index (χ4v) is 11.0. The molecular weight excluding hydrogens is 832 g/mol. The maximum absolute atomic E-state index is 6.97. The first kappa shape index (κ1) is 40.5. The fraction of sp³-hybridized carbons (Fsp3) is 0.0323. The molecule has 0 fully saturated rings. The van der Waals surface area contributed by atoms with Gasteiger partial charge in [0.15, 0.2) is 5.75 Å². The molecule has 10 aromatic rings. The van der Waals surface area contributed by atoms with E-state index in [9.17, 15) is 0 Å². The van der Waals surface area contributed by atoms with Crippen LogP contribution in [0.3, 0.4) is 0 Å². The Bertz CT molecular complexity index is 3380. The largest absolute Gasteiger partial charge is 0.455 e. The molecule has 3 nitrogen and oxygen atoms in total. The SMILES string of the molecule is Cc1ccc2c(c1)B1c3cc(C)ccc3N(c3c(-c4ccccc4)cccc3-c3ccccc3)c3cc(Sc4ccccc4)cc(c31)N2c1cc(-c2ccccc2)ccc1Oc1ccccc1. The molecule has 5 heteroatoms. The molecule has 2 aliphatic rings. The Kier molecular flexibility index (Phi) is 10.3. The second kappa shape index (κ2) is 17.1. The number of hydrogen-bond donors (Lipinski definition) is 0. The molecule has 10 aromatic carbocycles. The van der Waals surface area contributed by atoms with Crippen molar-refractivity contribution in [2.24, 2.45) is 0 Å². The van der Waals surface area contributed by atoms with Crippen molar-refractivity contribution in [3.05, 3.63) is 248 Å². The van der Waals surface area contributed by atoms with E-state index < -0.39 is 0 Å². The number of ether oxygens (including phenoxy) is 1. The Morgan fingerprint density at radius 3 is 1.46 bits per heavy atom. The van der Waals surface area contributed by atoms with Crippen LogP contribution in [0.1, 0.15) is 11.1 Å². The third-order valence-corrected chi connectivity index (χ3v) is 14.0. The van der Waals surface area contributed by atoms with Gasteiger partial charge in [0.1, 0.15) is 5.75 Å². The molecule has 0 spiro atoms. The molecule has 0 radical (unpaired) electrons. The zero-order valence-corrected chi connectivity index (χ0v) is 38.1. The molecule has 0 saturated heterocycles. The summed E-state index contributed by atoms with van der Waals surface area (Å²) in [7, 11) is 0. The highest BCUT2D eigenvalue weighted by Crippen LogP contribution is 2.52. The minimum absolute atomic E-state index is 0.0575. The maximum Gasteiger partial charge on any atom is 0.252 e. The Labute approximate surface area is 397 Å². The number of fused-ring (bicyclic) bond motifs is 4. The topological polar surface area (TPSA) is 15.7 Å². The lowest BCUT2D eigenvalue weighted by molar-refractivity contribution is 0.484. The van der Waals surface area contributed by atoms with Crippen LogP contribution in [0.2, 0.25) is 0 Å². The lowest BCUT2D eigenvalue weighted by atomic mass is 9.33. The van der Waals surface area contributed by atoms with Gasteiger partial charge in [-0.3, -0.25) is 0 Å². The van der Waals surface area contributed by atoms with Gasteiger partial charge in [0.05, 0.1) is 11.4 Å². The predicted octanol–water partition coefficient (Wildman–Crippen LogP) is 15.3. The van der Waals surface area contributed by atoms with E-state index in [-0.39, 0.29) is 6.71 Å². The number of aryl methyl sites for hydroxylation is 2. The number of anilines is 6. The Morgan fingerprint density at radius 2 is 0.881 bits per heavy atom. The lowest BCUT2D eigenvalue weighted by Crippen LogP contribution is -2.61. The van der Waals surface area contributed by atoms with Crippen LogP contribution in [-0.2, 0) is 0 Å². The fourth-order valence-electron chi connectivity index (χ4n) is 10.1. The summed E-state index contributed by atoms with van der Waals surface area (Å²) in [5, 5.41) is 0. The van der Waals surface area contributed by atoms with Crippen LogP contribution < -0.4 is 30.9 Å². The monoisotopic (exact) mass is 876 g/mol. The van der Waals surface area contributed by atoms with E-state index in [2.05, 4.69) is 230 Å². The van der Waals surface area contributed by atoms with Crippen molar-refractivity contribution in [1.29, 1.82) is 0 Å². The average Bonchev–Trinajstić information content (AvgIpc) is 3.38. The van der Waals surface area contributed by atoms with Crippen molar-refractivity contribution < 1.29 is 4.74 Å². The normalized spacial score (nSPS) is 12.3. The Hall–Kier alpha value is -7.99. The zero-order valence-electron chi connectivity index (χ0n) is 37.3. The summed E-state index contributed by atoms with van der Waals surface area (Å²) in [5.74, 6) is 1.56. The van der Waals surface area contributed by atoms with Crippen LogP contribution in [0.25, 0.3) is 33.4 Å². The standard InChI is InChI=1S/C62H45BN2OS/c1-42-31-34-55-53(37-42)63-54-38-43(2)32-35-56(54)65(62-51(45-21-10-4-11-22-45)29-18-30-52(62)46-23-12-5-13-24-46)59-41-50(67-49-27-16-7-17-28-49)40-58(61(59)63)64(55)57-39-47(44-19-8-3-9-20-44)33-36-60(57)66-48-25-14-6-15-26-48/h3-41H,1-2H3. The molecular formula is C62H45BN2OS. The van der Waals surface area contributed by atoms with Gasteiger partial charge >= 0.3 is 0 Å². The lowest BCUT2D eigenvalue weighted by Gasteiger charge is -2.45. The van der Waals surface area contributed by atoms with Gasteiger partial charge in [-0.25, -0.2) is 0 Å². The highest BCUT2D eigenvalue weighted by Gasteiger charge is 2.45. The summed E-state index contributed by atoms with van der Waals surface area (Å²) >= 11 is 1.80. The first-order valence-electron chi connectivity index (χ1n) is 22.9. The van der Waals surface area contributed by atoms with Gasteiger partial charge in [0.25, 0.3) is 6.71 Å². The summed E-state index contributed by atoms with van der Waals surface area (Å²) in [5.41, 5.74) is 19.9. The van der Waals surface area contributed by atoms with Crippen molar-refractivity contribution in [3.8, 4) is 44.9 Å². The number of benzene rings is 10. The molecule has 67 heavy (non-hydrogen) atoms. The van der Waals surface area contributed by atoms with Gasteiger partial charge in [0, 0.05) is 43.7 Å². The Balaban J connectivity index is 1.21. The minimum atomic E-state index is -0.0575. The zero-order chi connectivity index (χ0) is 44.8. The highest BCUT2D eigenvalue weighted by atomic mass is 32.2. The van der Waals surface area contributed by atoms with Gasteiger partial charge < -0.3 is 14.5 Å². The van der Waals surface area contributed by atoms with Crippen molar-refractivity contribution in [2.45, 2.75) is 23.6 Å². The molecule has 12 rings (SSSR count). The van der Waals surface area contributed by atoms with E-state index in [1.54, 1.807) is 11.8 Å². The number of nitrogens with zero attached hydrogens (tertiary/aromatic N) is 2. The van der Waals surface area contributed by atoms with Crippen molar-refractivity contribution >= 4 is 69.0 Å². The van der Waals surface area contributed by atoms with Crippen molar-refractivity contribution in [3.63, 3.8) is 0 Å². The molecule has 0 N–H and O–H groups in total. The average molecular weight is 877 g/mol. The van der Waals surface area contributed by atoms with Gasteiger partial charge in [-0.05, 0) is 113 Å². The summed E-state index contributed by atoms with van der Waals surface area (Å²) < 4.78 is 6.97. The van der Waals surface area contributed by atoms with Crippen molar-refractivity contribution in [2.75, 3.05) is 9.80 Å². The molecule has 0 saturated carbocycles. The summed E-state index contributed by atoms with van der Waals surface area (Å²) in [6.45, 7) is 4.38. The number of hydrogen-bond acceptors (Lipinski definition) is 4. The van der Waals surface area contributed by atoms with Crippen LogP contribution in [0.15, 0.2) is 246 Å². The molecule has 0 amide bonds. The molecule has 2 aliphatic heterocycles. The number of rotatable bonds is 9. The predicted molar refractivity (Wildman–Crippen MR) is 283 cm³/mol. The van der Waals surface area contributed by atoms with Crippen LogP contribution in [0.4, 0.5) is 34.1 Å². The van der Waals surface area contributed by atoms with Crippen LogP contribution >= 0.6 is 11.8 Å². The second-order valence-corrected chi connectivity index (χ2v) is 18.6. The quantitative estimate of drug-likeness (QED) is 0.134. The smallest absolute Gasteiger partial charge is 0.252 e. The van der Waals surface area contributed by atoms with E-state index >= 15 is 0 Å². The van der Waals surface area contributed by atoms with Crippen LogP contribution in [0, 0.1) is 13.8 Å². The van der Waals surface area contributed by atoms with E-state index in [0.29, 0.717) is 0 Å². The van der Waals surface area contributed by atoms with Crippen LogP contribution in [0.5, 0.6) is 11.5 Å². The first-order chi connectivity index (χ1) is 33.1. The second-order valence-electron chi connectivity index (χ2n) is 17.4. The van der Waals surface area contributed by atoms with E-state index in [1.165, 1.54) is 49.2 Å². The van der Waals surface area contributed by atoms with Gasteiger partial charge in [-0.1, -0.05) is 199 Å². The summed E-state index contributed by atoms with van der Waals surface area (Å²) in [6.07, 6.45) is 0. The minimum Gasteiger partial charge on any atom is -0.455 e. The molecule has 2 heterocycles. The van der Waals surface area contributed by atoms with E-state index in [4.69, 9.17) is 4.74 Å². The van der Waals surface area contributed by atoms with Gasteiger partial charge in [0.2, 0.25) is 0 Å². The van der Waals surface area contributed by atoms with E-state index in [1.807, 2.05) is 30.3 Å². The van der Waals surface area contributed by atoms with Gasteiger partial charge in [-0.2, -0.15) is 0 Å². The van der Waals surface area contributed by atoms with Gasteiger partial charge in [-0.15, -0.1) is 0 Å². The summed E-state index contributed by atoms with van der Waals surface area (Å²) in [4.78, 5) is 7.40. The molecule has 0 atom stereocenters. The molecule has 318 valence electrons.